The van der Waals surface area contributed by atoms with Crippen molar-refractivity contribution >= 4 is 11.6 Å². The molecule has 0 aliphatic carbocycles. The summed E-state index contributed by atoms with van der Waals surface area (Å²) in [7, 11) is 2.20. The molecule has 0 saturated carbocycles. The van der Waals surface area contributed by atoms with Crippen molar-refractivity contribution in [2.75, 3.05) is 39.8 Å². The third-order valence-corrected chi connectivity index (χ3v) is 4.63. The van der Waals surface area contributed by atoms with Crippen molar-refractivity contribution < 1.29 is 0 Å². The highest BCUT2D eigenvalue weighted by Crippen LogP contribution is 2.20. The van der Waals surface area contributed by atoms with E-state index in [9.17, 15) is 0 Å². The van der Waals surface area contributed by atoms with E-state index in [1.165, 1.54) is 44.8 Å². The van der Waals surface area contributed by atoms with Gasteiger partial charge in [-0.2, -0.15) is 0 Å². The molecule has 1 saturated heterocycles. The van der Waals surface area contributed by atoms with Crippen LogP contribution in [-0.4, -0.2) is 59.1 Å². The van der Waals surface area contributed by atoms with E-state index >= 15 is 0 Å². The van der Waals surface area contributed by atoms with Gasteiger partial charge in [0.2, 0.25) is 0 Å². The van der Waals surface area contributed by atoms with Crippen molar-refractivity contribution in [1.82, 2.24) is 19.4 Å². The lowest BCUT2D eigenvalue weighted by Gasteiger charge is -2.32. The fourth-order valence-electron chi connectivity index (χ4n) is 2.97. The minimum absolute atomic E-state index is 0.555. The average Bonchev–Trinajstić information content (AvgIpc) is 2.98. The van der Waals surface area contributed by atoms with E-state index in [2.05, 4.69) is 44.7 Å². The Labute approximate surface area is 137 Å². The molecule has 1 aliphatic heterocycles. The summed E-state index contributed by atoms with van der Waals surface area (Å²) in [6.07, 6.45) is 6.02. The molecule has 2 aromatic heterocycles. The fourth-order valence-corrected chi connectivity index (χ4v) is 3.18. The van der Waals surface area contributed by atoms with E-state index in [1.807, 2.05) is 12.1 Å². The van der Waals surface area contributed by atoms with E-state index in [4.69, 9.17) is 11.6 Å². The Bertz CT molecular complexity index is 602. The second kappa shape index (κ2) is 7.27. The van der Waals surface area contributed by atoms with E-state index in [1.54, 1.807) is 6.20 Å². The first kappa shape index (κ1) is 15.5. The molecule has 0 N–H and O–H groups in total. The van der Waals surface area contributed by atoms with E-state index < -0.39 is 0 Å². The molecule has 5 heteroatoms. The Morgan fingerprint density at radius 2 is 1.95 bits per heavy atom. The molecule has 0 unspecified atom stereocenters. The molecular formula is C17H23ClN4. The lowest BCUT2D eigenvalue weighted by atomic mass is 10.2. The van der Waals surface area contributed by atoms with Gasteiger partial charge in [0.25, 0.3) is 0 Å². The van der Waals surface area contributed by atoms with Crippen molar-refractivity contribution in [2.24, 2.45) is 0 Å². The smallest absolute Gasteiger partial charge is 0.152 e. The van der Waals surface area contributed by atoms with E-state index in [0.717, 1.165) is 12.1 Å². The van der Waals surface area contributed by atoms with Gasteiger partial charge in [0.1, 0.15) is 0 Å². The van der Waals surface area contributed by atoms with Gasteiger partial charge in [0.05, 0.1) is 5.69 Å². The molecule has 0 radical (unpaired) electrons. The van der Waals surface area contributed by atoms with Crippen molar-refractivity contribution in [2.45, 2.75) is 12.8 Å². The third-order valence-electron chi connectivity index (χ3n) is 4.34. The summed E-state index contributed by atoms with van der Waals surface area (Å²) in [5, 5.41) is 0.555. The Hall–Kier alpha value is -1.36. The van der Waals surface area contributed by atoms with Crippen LogP contribution in [0.25, 0.3) is 5.69 Å². The summed E-state index contributed by atoms with van der Waals surface area (Å²) in [5.74, 6) is 0. The molecule has 0 spiro atoms. The predicted octanol–water partition coefficient (Wildman–Crippen LogP) is 2.71. The van der Waals surface area contributed by atoms with Crippen LogP contribution in [0, 0.1) is 0 Å². The van der Waals surface area contributed by atoms with Crippen LogP contribution >= 0.6 is 11.6 Å². The van der Waals surface area contributed by atoms with Crippen LogP contribution in [-0.2, 0) is 6.42 Å². The van der Waals surface area contributed by atoms with Gasteiger partial charge < -0.3 is 14.4 Å². The summed E-state index contributed by atoms with van der Waals surface area (Å²) in [5.41, 5.74) is 2.26. The van der Waals surface area contributed by atoms with Gasteiger partial charge >= 0.3 is 0 Å². The molecule has 3 heterocycles. The number of halogens is 1. The largest absolute Gasteiger partial charge is 0.318 e. The zero-order valence-corrected chi connectivity index (χ0v) is 13.8. The van der Waals surface area contributed by atoms with Crippen molar-refractivity contribution in [3.05, 3.63) is 47.5 Å². The normalized spacial score (nSPS) is 17.0. The number of pyridine rings is 1. The number of aryl methyl sites for hydroxylation is 1. The van der Waals surface area contributed by atoms with Crippen LogP contribution in [0.5, 0.6) is 0 Å². The van der Waals surface area contributed by atoms with Gasteiger partial charge in [-0.15, -0.1) is 0 Å². The molecule has 0 atom stereocenters. The minimum Gasteiger partial charge on any atom is -0.318 e. The molecule has 1 aliphatic rings. The maximum absolute atomic E-state index is 6.21. The van der Waals surface area contributed by atoms with Crippen LogP contribution in [0.4, 0.5) is 0 Å². The van der Waals surface area contributed by atoms with Crippen LogP contribution in [0.3, 0.4) is 0 Å². The molecule has 3 rings (SSSR count). The van der Waals surface area contributed by atoms with Crippen molar-refractivity contribution in [1.29, 1.82) is 0 Å². The molecule has 2 aromatic rings. The third kappa shape index (κ3) is 3.69. The van der Waals surface area contributed by atoms with Gasteiger partial charge in [-0.3, -0.25) is 0 Å². The summed E-state index contributed by atoms with van der Waals surface area (Å²) < 4.78 is 2.15. The van der Waals surface area contributed by atoms with E-state index in [-0.39, 0.29) is 0 Å². The maximum atomic E-state index is 6.21. The van der Waals surface area contributed by atoms with E-state index in [0.29, 0.717) is 5.15 Å². The van der Waals surface area contributed by atoms with Crippen LogP contribution in [0.2, 0.25) is 5.15 Å². The van der Waals surface area contributed by atoms with Gasteiger partial charge in [0.15, 0.2) is 5.15 Å². The topological polar surface area (TPSA) is 24.3 Å². The van der Waals surface area contributed by atoms with Gasteiger partial charge in [-0.25, -0.2) is 4.98 Å². The number of likely N-dealkylation sites (N-methyl/N-ethyl adjacent to an activating group) is 1. The second-order valence-electron chi connectivity index (χ2n) is 5.93. The first-order valence-corrected chi connectivity index (χ1v) is 8.30. The first-order chi connectivity index (χ1) is 10.7. The monoisotopic (exact) mass is 318 g/mol. The fraction of sp³-hybridized carbons (Fsp3) is 0.471. The number of piperazine rings is 1. The number of hydrogen-bond acceptors (Lipinski definition) is 3. The Kier molecular flexibility index (Phi) is 5.13. The van der Waals surface area contributed by atoms with Gasteiger partial charge in [-0.05, 0) is 50.7 Å². The van der Waals surface area contributed by atoms with Crippen LogP contribution < -0.4 is 0 Å². The number of hydrogen-bond donors (Lipinski definition) is 0. The highest BCUT2D eigenvalue weighted by molar-refractivity contribution is 6.31. The number of rotatable bonds is 5. The predicted molar refractivity (Wildman–Crippen MR) is 90.8 cm³/mol. The second-order valence-corrected chi connectivity index (χ2v) is 6.29. The highest BCUT2D eigenvalue weighted by Gasteiger charge is 2.13. The van der Waals surface area contributed by atoms with Gasteiger partial charge in [-0.1, -0.05) is 11.6 Å². The molecule has 118 valence electrons. The van der Waals surface area contributed by atoms with Crippen LogP contribution in [0.15, 0.2) is 36.7 Å². The molecule has 1 fully saturated rings. The minimum atomic E-state index is 0.555. The van der Waals surface area contributed by atoms with Gasteiger partial charge in [0, 0.05) is 44.3 Å². The Morgan fingerprint density at radius 1 is 1.14 bits per heavy atom. The molecule has 22 heavy (non-hydrogen) atoms. The summed E-state index contributed by atoms with van der Waals surface area (Å²) in [4.78, 5) is 9.12. The molecule has 4 nitrogen and oxygen atoms in total. The zero-order valence-electron chi connectivity index (χ0n) is 13.1. The van der Waals surface area contributed by atoms with Crippen molar-refractivity contribution in [3.63, 3.8) is 0 Å². The number of nitrogens with zero attached hydrogens (tertiary/aromatic N) is 4. The summed E-state index contributed by atoms with van der Waals surface area (Å²) >= 11 is 6.21. The summed E-state index contributed by atoms with van der Waals surface area (Å²) in [6.45, 7) is 5.90. The Morgan fingerprint density at radius 3 is 2.73 bits per heavy atom. The standard InChI is InChI=1S/C17H23ClN4/c1-20-11-13-21(14-12-20)9-3-5-15-6-4-10-22(15)16-7-2-8-19-17(16)18/h2,4,6-8,10H,3,5,9,11-14H2,1H3. The lowest BCUT2D eigenvalue weighted by molar-refractivity contribution is 0.153. The molecule has 0 amide bonds. The quantitative estimate of drug-likeness (QED) is 0.792. The zero-order chi connectivity index (χ0) is 15.4. The summed E-state index contributed by atoms with van der Waals surface area (Å²) in [6, 6.07) is 8.19. The Balaban J connectivity index is 1.58. The molecule has 0 aromatic carbocycles. The van der Waals surface area contributed by atoms with Crippen LogP contribution in [0.1, 0.15) is 12.1 Å². The lowest BCUT2D eigenvalue weighted by Crippen LogP contribution is -2.44. The van der Waals surface area contributed by atoms with Crippen molar-refractivity contribution in [3.8, 4) is 5.69 Å². The SMILES string of the molecule is CN1CCN(CCCc2cccn2-c2cccnc2Cl)CC1. The average molecular weight is 319 g/mol. The number of aromatic nitrogens is 2. The first-order valence-electron chi connectivity index (χ1n) is 7.92. The maximum Gasteiger partial charge on any atom is 0.152 e. The molecule has 0 bridgehead atoms. The molecular weight excluding hydrogens is 296 g/mol. The highest BCUT2D eigenvalue weighted by atomic mass is 35.5.